The summed E-state index contributed by atoms with van der Waals surface area (Å²) in [6, 6.07) is 15.8. The van der Waals surface area contributed by atoms with Crippen molar-refractivity contribution < 1.29 is 19.4 Å². The first kappa shape index (κ1) is 18.0. The number of ether oxygens (including phenoxy) is 2. The molecule has 2 N–H and O–H groups in total. The number of hydrogen-bond acceptors (Lipinski definition) is 6. The van der Waals surface area contributed by atoms with Crippen LogP contribution in [0.4, 0.5) is 0 Å². The molecule has 0 fully saturated rings. The Balaban J connectivity index is 1.79. The maximum atomic E-state index is 12.3. The van der Waals surface area contributed by atoms with Gasteiger partial charge >= 0.3 is 5.97 Å². The van der Waals surface area contributed by atoms with Crippen LogP contribution in [0, 0.1) is 11.3 Å². The van der Waals surface area contributed by atoms with Crippen LogP contribution in [-0.4, -0.2) is 34.3 Å². The number of hydrogen-bond donors (Lipinski definition) is 2. The molecule has 27 heavy (non-hydrogen) atoms. The lowest BCUT2D eigenvalue weighted by molar-refractivity contribution is 0.0498. The number of esters is 1. The van der Waals surface area contributed by atoms with Gasteiger partial charge in [-0.2, -0.15) is 5.26 Å². The summed E-state index contributed by atoms with van der Waals surface area (Å²) in [5, 5.41) is 19.6. The average Bonchev–Trinajstić information content (AvgIpc) is 3.11. The standard InChI is InChI=1S/C20H17N3O4/c1-2-26-18-10-6-3-7-13(18)20(25)27-12-17(24)14(11-21)19-22-15-8-4-5-9-16(15)23-19/h3-10,24H,2,12H2,1H3,(H,22,23)/b17-14+. The van der Waals surface area contributed by atoms with Crippen molar-refractivity contribution in [2.75, 3.05) is 13.2 Å². The van der Waals surface area contributed by atoms with E-state index in [1.54, 1.807) is 30.3 Å². The summed E-state index contributed by atoms with van der Waals surface area (Å²) in [4.78, 5) is 19.5. The fourth-order valence-electron chi connectivity index (χ4n) is 2.53. The Bertz CT molecular complexity index is 1010. The summed E-state index contributed by atoms with van der Waals surface area (Å²) in [6.45, 7) is 1.75. The smallest absolute Gasteiger partial charge is 0.342 e. The summed E-state index contributed by atoms with van der Waals surface area (Å²) in [7, 11) is 0. The van der Waals surface area contributed by atoms with Gasteiger partial charge in [-0.25, -0.2) is 9.78 Å². The summed E-state index contributed by atoms with van der Waals surface area (Å²) in [6.07, 6.45) is 0. The van der Waals surface area contributed by atoms with E-state index in [0.717, 1.165) is 5.52 Å². The highest BCUT2D eigenvalue weighted by molar-refractivity contribution is 5.92. The second-order valence-corrected chi connectivity index (χ2v) is 5.54. The number of nitrogens with zero attached hydrogens (tertiary/aromatic N) is 2. The van der Waals surface area contributed by atoms with Gasteiger partial charge < -0.3 is 19.6 Å². The predicted octanol–water partition coefficient (Wildman–Crippen LogP) is 3.61. The Morgan fingerprint density at radius 1 is 1.22 bits per heavy atom. The number of nitriles is 1. The Kier molecular flexibility index (Phi) is 5.38. The Morgan fingerprint density at radius 2 is 1.96 bits per heavy atom. The van der Waals surface area contributed by atoms with Crippen LogP contribution < -0.4 is 4.74 Å². The lowest BCUT2D eigenvalue weighted by Crippen LogP contribution is -2.11. The van der Waals surface area contributed by atoms with Crippen molar-refractivity contribution in [3.63, 3.8) is 0 Å². The molecule has 3 aromatic rings. The van der Waals surface area contributed by atoms with Gasteiger partial charge in [-0.05, 0) is 31.2 Å². The number of allylic oxidation sites excluding steroid dienone is 1. The maximum absolute atomic E-state index is 12.3. The molecule has 7 heteroatoms. The molecular weight excluding hydrogens is 346 g/mol. The minimum absolute atomic E-state index is 0.0860. The zero-order valence-corrected chi connectivity index (χ0v) is 14.6. The van der Waals surface area contributed by atoms with Gasteiger partial charge in [-0.15, -0.1) is 0 Å². The molecule has 0 aliphatic carbocycles. The molecule has 0 aliphatic heterocycles. The second kappa shape index (κ2) is 8.06. The van der Waals surface area contributed by atoms with Crippen molar-refractivity contribution in [3.05, 3.63) is 65.7 Å². The first-order valence-corrected chi connectivity index (χ1v) is 8.30. The summed E-state index contributed by atoms with van der Waals surface area (Å²) >= 11 is 0. The van der Waals surface area contributed by atoms with Crippen LogP contribution in [0.3, 0.4) is 0 Å². The Labute approximate surface area is 155 Å². The normalized spacial score (nSPS) is 11.6. The largest absolute Gasteiger partial charge is 0.507 e. The van der Waals surface area contributed by atoms with E-state index >= 15 is 0 Å². The van der Waals surface area contributed by atoms with E-state index in [2.05, 4.69) is 9.97 Å². The zero-order chi connectivity index (χ0) is 19.2. The number of carbonyl (C=O) groups excluding carboxylic acids is 1. The maximum Gasteiger partial charge on any atom is 0.342 e. The number of para-hydroxylation sites is 3. The number of rotatable bonds is 6. The van der Waals surface area contributed by atoms with E-state index in [9.17, 15) is 15.2 Å². The quantitative estimate of drug-likeness (QED) is 0.393. The van der Waals surface area contributed by atoms with Crippen LogP contribution in [-0.2, 0) is 4.74 Å². The monoisotopic (exact) mass is 363 g/mol. The first-order valence-electron chi connectivity index (χ1n) is 8.30. The number of benzene rings is 2. The van der Waals surface area contributed by atoms with Crippen molar-refractivity contribution in [1.82, 2.24) is 9.97 Å². The van der Waals surface area contributed by atoms with Crippen LogP contribution in [0.1, 0.15) is 23.1 Å². The van der Waals surface area contributed by atoms with Gasteiger partial charge in [0, 0.05) is 0 Å². The van der Waals surface area contributed by atoms with Crippen molar-refractivity contribution in [1.29, 1.82) is 5.26 Å². The molecule has 0 aliphatic rings. The van der Waals surface area contributed by atoms with Crippen LogP contribution in [0.2, 0.25) is 0 Å². The van der Waals surface area contributed by atoms with E-state index in [1.165, 1.54) is 0 Å². The number of imidazole rings is 1. The van der Waals surface area contributed by atoms with E-state index in [1.807, 2.05) is 31.2 Å². The fourth-order valence-corrected chi connectivity index (χ4v) is 2.53. The van der Waals surface area contributed by atoms with Crippen LogP contribution in [0.15, 0.2) is 54.3 Å². The first-order chi connectivity index (χ1) is 13.1. The number of nitrogens with one attached hydrogen (secondary N) is 1. The highest BCUT2D eigenvalue weighted by Crippen LogP contribution is 2.21. The molecule has 0 amide bonds. The van der Waals surface area contributed by atoms with Crippen molar-refractivity contribution in [2.45, 2.75) is 6.92 Å². The highest BCUT2D eigenvalue weighted by atomic mass is 16.5. The molecule has 0 bridgehead atoms. The molecule has 3 rings (SSSR count). The van der Waals surface area contributed by atoms with Crippen molar-refractivity contribution in [2.24, 2.45) is 0 Å². The minimum atomic E-state index is -0.660. The molecule has 0 radical (unpaired) electrons. The lowest BCUT2D eigenvalue weighted by Gasteiger charge is -2.10. The highest BCUT2D eigenvalue weighted by Gasteiger charge is 2.17. The van der Waals surface area contributed by atoms with Gasteiger partial charge in [0.15, 0.2) is 11.6 Å². The number of aromatic nitrogens is 2. The van der Waals surface area contributed by atoms with Gasteiger partial charge in [0.25, 0.3) is 0 Å². The van der Waals surface area contributed by atoms with Gasteiger partial charge in [0.2, 0.25) is 0 Å². The molecule has 7 nitrogen and oxygen atoms in total. The van der Waals surface area contributed by atoms with Crippen molar-refractivity contribution in [3.8, 4) is 11.8 Å². The fraction of sp³-hybridized carbons (Fsp3) is 0.150. The van der Waals surface area contributed by atoms with Crippen molar-refractivity contribution >= 4 is 22.6 Å². The number of aromatic amines is 1. The van der Waals surface area contributed by atoms with Gasteiger partial charge in [-0.3, -0.25) is 0 Å². The molecule has 136 valence electrons. The summed E-state index contributed by atoms with van der Waals surface area (Å²) < 4.78 is 10.5. The number of H-pyrrole nitrogens is 1. The topological polar surface area (TPSA) is 108 Å². The third-order valence-electron chi connectivity index (χ3n) is 3.77. The van der Waals surface area contributed by atoms with Gasteiger partial charge in [0.05, 0.1) is 17.6 Å². The number of fused-ring (bicyclic) bond motifs is 1. The Morgan fingerprint density at radius 3 is 2.70 bits per heavy atom. The molecule has 0 unspecified atom stereocenters. The molecular formula is C20H17N3O4. The predicted molar refractivity (Wildman–Crippen MR) is 99.1 cm³/mol. The average molecular weight is 363 g/mol. The Hall–Kier alpha value is -3.79. The van der Waals surface area contributed by atoms with E-state index in [4.69, 9.17) is 9.47 Å². The molecule has 0 saturated carbocycles. The van der Waals surface area contributed by atoms with E-state index in [-0.39, 0.29) is 17.0 Å². The van der Waals surface area contributed by atoms with E-state index in [0.29, 0.717) is 17.9 Å². The second-order valence-electron chi connectivity index (χ2n) is 5.54. The SMILES string of the molecule is CCOc1ccccc1C(=O)OC/C(O)=C(/C#N)c1nc2ccccc2[nH]1. The number of aliphatic hydroxyl groups excluding tert-OH is 1. The summed E-state index contributed by atoms with van der Waals surface area (Å²) in [5.41, 5.74) is 1.55. The number of carbonyl (C=O) groups is 1. The lowest BCUT2D eigenvalue weighted by atomic mass is 10.2. The minimum Gasteiger partial charge on any atom is -0.507 e. The molecule has 1 aromatic heterocycles. The summed E-state index contributed by atoms with van der Waals surface area (Å²) in [5.74, 6) is -0.445. The van der Waals surface area contributed by atoms with Gasteiger partial charge in [-0.1, -0.05) is 24.3 Å². The molecule has 0 spiro atoms. The van der Waals surface area contributed by atoms with Crippen LogP contribution in [0.5, 0.6) is 5.75 Å². The molecule has 0 atom stereocenters. The third-order valence-corrected chi connectivity index (χ3v) is 3.77. The van der Waals surface area contributed by atoms with E-state index < -0.39 is 18.3 Å². The van der Waals surface area contributed by atoms with Crippen LogP contribution >= 0.6 is 0 Å². The molecule has 2 aromatic carbocycles. The number of aliphatic hydroxyl groups is 1. The molecule has 1 heterocycles. The third kappa shape index (κ3) is 3.90. The van der Waals surface area contributed by atoms with Gasteiger partial charge in [0.1, 0.15) is 29.6 Å². The zero-order valence-electron chi connectivity index (χ0n) is 14.6. The molecule has 0 saturated heterocycles. The van der Waals surface area contributed by atoms with Crippen LogP contribution in [0.25, 0.3) is 16.6 Å².